The Balaban J connectivity index is 2.56. The summed E-state index contributed by atoms with van der Waals surface area (Å²) in [6.45, 7) is 2.08. The minimum atomic E-state index is -4.81. The van der Waals surface area contributed by atoms with Gasteiger partial charge < -0.3 is 5.73 Å². The monoisotopic (exact) mass is 370 g/mol. The number of nitrogens with zero attached hydrogens (tertiary/aromatic N) is 1. The third-order valence-corrected chi connectivity index (χ3v) is 6.36. The number of alkyl halides is 3. The van der Waals surface area contributed by atoms with Gasteiger partial charge in [-0.05, 0) is 37.0 Å². The van der Waals surface area contributed by atoms with Gasteiger partial charge in [-0.25, -0.2) is 8.42 Å². The van der Waals surface area contributed by atoms with E-state index >= 15 is 0 Å². The number of rotatable bonds is 3. The van der Waals surface area contributed by atoms with Crippen LogP contribution in [0, 0.1) is 5.92 Å². The molecule has 1 aliphatic heterocycles. The number of benzene rings is 1. The van der Waals surface area contributed by atoms with Gasteiger partial charge in [0.05, 0.1) is 10.5 Å². The van der Waals surface area contributed by atoms with Crippen LogP contribution < -0.4 is 5.73 Å². The third-order valence-electron chi connectivity index (χ3n) is 4.14. The third kappa shape index (κ3) is 3.65. The molecule has 0 saturated carbocycles. The van der Waals surface area contributed by atoms with E-state index in [0.717, 1.165) is 22.9 Å². The van der Waals surface area contributed by atoms with Crippen molar-refractivity contribution in [3.63, 3.8) is 0 Å². The summed E-state index contributed by atoms with van der Waals surface area (Å²) >= 11 is 5.61. The average molecular weight is 371 g/mol. The zero-order valence-electron chi connectivity index (χ0n) is 12.5. The van der Waals surface area contributed by atoms with Crippen LogP contribution in [0.15, 0.2) is 23.1 Å². The van der Waals surface area contributed by atoms with Gasteiger partial charge in [0, 0.05) is 24.2 Å². The van der Waals surface area contributed by atoms with Crippen molar-refractivity contribution < 1.29 is 21.6 Å². The van der Waals surface area contributed by atoms with Gasteiger partial charge in [-0.3, -0.25) is 0 Å². The second kappa shape index (κ2) is 6.58. The Morgan fingerprint density at radius 3 is 2.61 bits per heavy atom. The van der Waals surface area contributed by atoms with Gasteiger partial charge >= 0.3 is 6.18 Å². The van der Waals surface area contributed by atoms with Crippen molar-refractivity contribution in [1.29, 1.82) is 0 Å². The Morgan fingerprint density at radius 1 is 1.39 bits per heavy atom. The van der Waals surface area contributed by atoms with E-state index in [0.29, 0.717) is 12.5 Å². The van der Waals surface area contributed by atoms with Gasteiger partial charge in [-0.15, -0.1) is 0 Å². The standard InChI is InChI=1S/C14H18ClF3N2O2S/c1-9-3-2-6-20(12(9)8-19)23(21,22)13-5-4-10(15)7-11(13)14(16,17)18/h4-5,7,9,12H,2-3,6,8,19H2,1H3. The van der Waals surface area contributed by atoms with E-state index in [1.165, 1.54) is 0 Å². The molecule has 9 heteroatoms. The summed E-state index contributed by atoms with van der Waals surface area (Å²) < 4.78 is 66.4. The largest absolute Gasteiger partial charge is 0.417 e. The fourth-order valence-corrected chi connectivity index (χ4v) is 5.07. The summed E-state index contributed by atoms with van der Waals surface area (Å²) in [5.41, 5.74) is 4.41. The van der Waals surface area contributed by atoms with Crippen molar-refractivity contribution in [2.45, 2.75) is 36.9 Å². The number of nitrogens with two attached hydrogens (primary N) is 1. The van der Waals surface area contributed by atoms with Gasteiger partial charge in [0.25, 0.3) is 0 Å². The highest BCUT2D eigenvalue weighted by Crippen LogP contribution is 2.38. The lowest BCUT2D eigenvalue weighted by atomic mass is 9.93. The van der Waals surface area contributed by atoms with Crippen LogP contribution >= 0.6 is 11.6 Å². The maximum absolute atomic E-state index is 13.2. The molecule has 0 aliphatic carbocycles. The number of piperidine rings is 1. The first-order valence-electron chi connectivity index (χ1n) is 7.17. The molecule has 4 nitrogen and oxygen atoms in total. The first kappa shape index (κ1) is 18.5. The SMILES string of the molecule is CC1CCCN(S(=O)(=O)c2ccc(Cl)cc2C(F)(F)F)C1CN. The maximum atomic E-state index is 13.2. The Hall–Kier alpha value is -0.830. The zero-order chi connectivity index (χ0) is 17.4. The van der Waals surface area contributed by atoms with E-state index in [9.17, 15) is 21.6 Å². The lowest BCUT2D eigenvalue weighted by Crippen LogP contribution is -2.51. The van der Waals surface area contributed by atoms with Crippen molar-refractivity contribution in [2.24, 2.45) is 11.7 Å². The highest BCUT2D eigenvalue weighted by Gasteiger charge is 2.42. The van der Waals surface area contributed by atoms with Crippen molar-refractivity contribution >= 4 is 21.6 Å². The van der Waals surface area contributed by atoms with Crippen LogP contribution in [0.1, 0.15) is 25.3 Å². The van der Waals surface area contributed by atoms with Gasteiger partial charge in [0.2, 0.25) is 10.0 Å². The quantitative estimate of drug-likeness (QED) is 0.889. The first-order chi connectivity index (χ1) is 10.6. The van der Waals surface area contributed by atoms with Crippen LogP contribution in [0.2, 0.25) is 5.02 Å². The fraction of sp³-hybridized carbons (Fsp3) is 0.571. The number of halogens is 4. The number of hydrogen-bond acceptors (Lipinski definition) is 3. The van der Waals surface area contributed by atoms with E-state index in [1.54, 1.807) is 0 Å². The number of hydrogen-bond donors (Lipinski definition) is 1. The maximum Gasteiger partial charge on any atom is 0.417 e. The van der Waals surface area contributed by atoms with Crippen LogP contribution in [0.5, 0.6) is 0 Å². The molecule has 0 amide bonds. The normalized spacial score (nSPS) is 23.9. The molecule has 2 unspecified atom stereocenters. The van der Waals surface area contributed by atoms with Crippen molar-refractivity contribution in [3.8, 4) is 0 Å². The fourth-order valence-electron chi connectivity index (χ4n) is 2.93. The van der Waals surface area contributed by atoms with Gasteiger partial charge in [0.1, 0.15) is 0 Å². The van der Waals surface area contributed by atoms with E-state index in [1.807, 2.05) is 6.92 Å². The molecule has 1 fully saturated rings. The molecule has 0 aromatic heterocycles. The first-order valence-corrected chi connectivity index (χ1v) is 8.99. The predicted octanol–water partition coefficient (Wildman–Crippen LogP) is 3.11. The highest BCUT2D eigenvalue weighted by molar-refractivity contribution is 7.89. The van der Waals surface area contributed by atoms with E-state index < -0.39 is 32.7 Å². The topological polar surface area (TPSA) is 63.4 Å². The lowest BCUT2D eigenvalue weighted by molar-refractivity contribution is -0.139. The Labute approximate surface area is 138 Å². The van der Waals surface area contributed by atoms with Crippen LogP contribution in [0.25, 0.3) is 0 Å². The molecule has 2 rings (SSSR count). The molecule has 0 radical (unpaired) electrons. The summed E-state index contributed by atoms with van der Waals surface area (Å²) in [5.74, 6) is -0.00911. The second-order valence-corrected chi connectivity index (χ2v) is 7.97. The summed E-state index contributed by atoms with van der Waals surface area (Å²) in [4.78, 5) is -0.776. The molecule has 2 atom stereocenters. The molecule has 1 saturated heterocycles. The minimum absolute atomic E-state index is 0.00911. The van der Waals surface area contributed by atoms with E-state index in [-0.39, 0.29) is 24.0 Å². The molecule has 1 aromatic carbocycles. The lowest BCUT2D eigenvalue weighted by Gasteiger charge is -2.38. The zero-order valence-corrected chi connectivity index (χ0v) is 14.0. The van der Waals surface area contributed by atoms with Gasteiger partial charge in [-0.1, -0.05) is 18.5 Å². The molecule has 0 spiro atoms. The van der Waals surface area contributed by atoms with Crippen LogP contribution in [-0.2, 0) is 16.2 Å². The van der Waals surface area contributed by atoms with Gasteiger partial charge in [0.15, 0.2) is 0 Å². The molecule has 23 heavy (non-hydrogen) atoms. The van der Waals surface area contributed by atoms with Crippen molar-refractivity contribution in [2.75, 3.05) is 13.1 Å². The molecular formula is C14H18ClF3N2O2S. The Kier molecular flexibility index (Phi) is 5.30. The summed E-state index contributed by atoms with van der Waals surface area (Å²) in [5, 5.41) is -0.168. The average Bonchev–Trinajstić information content (AvgIpc) is 2.45. The predicted molar refractivity (Wildman–Crippen MR) is 81.6 cm³/mol. The van der Waals surface area contributed by atoms with Crippen LogP contribution in [-0.4, -0.2) is 31.9 Å². The molecule has 2 N–H and O–H groups in total. The molecule has 1 aromatic rings. The van der Waals surface area contributed by atoms with Crippen molar-refractivity contribution in [1.82, 2.24) is 4.31 Å². The van der Waals surface area contributed by atoms with Crippen LogP contribution in [0.3, 0.4) is 0 Å². The molecule has 1 aliphatic rings. The molecule has 130 valence electrons. The van der Waals surface area contributed by atoms with E-state index in [2.05, 4.69) is 0 Å². The summed E-state index contributed by atoms with van der Waals surface area (Å²) in [6, 6.07) is 2.19. The molecule has 0 bridgehead atoms. The van der Waals surface area contributed by atoms with Gasteiger partial charge in [-0.2, -0.15) is 17.5 Å². The minimum Gasteiger partial charge on any atom is -0.329 e. The molecular weight excluding hydrogens is 353 g/mol. The molecule has 1 heterocycles. The second-order valence-electron chi connectivity index (χ2n) is 5.68. The highest BCUT2D eigenvalue weighted by atomic mass is 35.5. The Bertz CT molecular complexity index is 679. The number of sulfonamides is 1. The van der Waals surface area contributed by atoms with Crippen molar-refractivity contribution in [3.05, 3.63) is 28.8 Å². The Morgan fingerprint density at radius 2 is 2.04 bits per heavy atom. The van der Waals surface area contributed by atoms with Crippen LogP contribution in [0.4, 0.5) is 13.2 Å². The summed E-state index contributed by atoms with van der Waals surface area (Å²) in [6.07, 6.45) is -3.43. The smallest absolute Gasteiger partial charge is 0.329 e. The summed E-state index contributed by atoms with van der Waals surface area (Å²) in [7, 11) is -4.31. The van der Waals surface area contributed by atoms with E-state index in [4.69, 9.17) is 17.3 Å².